The van der Waals surface area contributed by atoms with Crippen molar-refractivity contribution < 1.29 is 4.74 Å². The molecule has 3 atom stereocenters. The van der Waals surface area contributed by atoms with Crippen molar-refractivity contribution in [2.75, 3.05) is 4.90 Å². The first-order valence-electron chi connectivity index (χ1n) is 25.6. The fourth-order valence-electron chi connectivity index (χ4n) is 13.7. The molecular weight excluding hydrogens is 871 g/mol. The molecule has 0 radical (unpaired) electrons. The lowest BCUT2D eigenvalue weighted by Crippen LogP contribution is -2.36. The van der Waals surface area contributed by atoms with E-state index in [9.17, 15) is 0 Å². The normalized spacial score (nSPS) is 20.0. The van der Waals surface area contributed by atoms with Crippen molar-refractivity contribution in [3.63, 3.8) is 0 Å². The van der Waals surface area contributed by atoms with Gasteiger partial charge in [0.2, 0.25) is 0 Å². The number of fused-ring (bicyclic) bond motifs is 14. The van der Waals surface area contributed by atoms with Crippen LogP contribution in [0.3, 0.4) is 0 Å². The third-order valence-corrected chi connectivity index (χ3v) is 16.6. The fourth-order valence-corrected chi connectivity index (χ4v) is 13.7. The first-order valence-corrected chi connectivity index (χ1v) is 25.6. The molecule has 2 nitrogen and oxygen atoms in total. The topological polar surface area (TPSA) is 12.5 Å². The molecule has 2 heteroatoms. The number of ether oxygens (including phenoxy) is 1. The predicted molar refractivity (Wildman–Crippen MR) is 299 cm³/mol. The summed E-state index contributed by atoms with van der Waals surface area (Å²) in [5.41, 5.74) is 26.0. The quantitative estimate of drug-likeness (QED) is 0.165. The van der Waals surface area contributed by atoms with Crippen molar-refractivity contribution in [3.05, 3.63) is 287 Å². The van der Waals surface area contributed by atoms with E-state index in [0.29, 0.717) is 0 Å². The minimum absolute atomic E-state index is 0.0117. The molecule has 1 heterocycles. The summed E-state index contributed by atoms with van der Waals surface area (Å²) >= 11 is 0. The van der Waals surface area contributed by atoms with Gasteiger partial charge in [-0.25, -0.2) is 0 Å². The standard InChI is InChI=1S/C70H53NO/c1-5-51-52-26-13-18-31-59(52)70(57(51)6-2)60-32-19-15-28-54(60)65-61(70)43-56(68-67(65)53-27-14-17-30-58(53)69(68,3)4)48-40-47(45-24-11-8-12-25-45)41-50(42-48)71(49-38-36-46(37-39-49)44-22-9-7-10-23-44)62-33-21-35-64-66(62)55-29-16-20-34-63(55)72-64/h5-43,62,66H,1-4H3/b51-5-,57-6+. The molecule has 5 aliphatic rings. The summed E-state index contributed by atoms with van der Waals surface area (Å²) < 4.78 is 6.68. The van der Waals surface area contributed by atoms with Gasteiger partial charge in [0.1, 0.15) is 11.5 Å². The number of anilines is 2. The molecule has 0 saturated carbocycles. The van der Waals surface area contributed by atoms with Crippen molar-refractivity contribution in [2.45, 2.75) is 50.5 Å². The van der Waals surface area contributed by atoms with E-state index in [0.717, 1.165) is 22.9 Å². The van der Waals surface area contributed by atoms with Crippen LogP contribution in [0.25, 0.3) is 61.2 Å². The highest BCUT2D eigenvalue weighted by Gasteiger charge is 2.55. The number of benzene rings is 9. The van der Waals surface area contributed by atoms with E-state index in [1.54, 1.807) is 0 Å². The van der Waals surface area contributed by atoms with Crippen LogP contribution >= 0.6 is 0 Å². The minimum Gasteiger partial charge on any atom is -0.461 e. The van der Waals surface area contributed by atoms with Gasteiger partial charge in [0.05, 0.1) is 17.4 Å². The molecule has 72 heavy (non-hydrogen) atoms. The molecule has 0 N–H and O–H groups in total. The Bertz CT molecular complexity index is 3830. The Morgan fingerprint density at radius 2 is 1.06 bits per heavy atom. The van der Waals surface area contributed by atoms with Crippen molar-refractivity contribution >= 4 is 16.9 Å². The van der Waals surface area contributed by atoms with Gasteiger partial charge < -0.3 is 9.64 Å². The van der Waals surface area contributed by atoms with Crippen LogP contribution in [-0.2, 0) is 10.8 Å². The molecular formula is C70H53NO. The highest BCUT2D eigenvalue weighted by atomic mass is 16.5. The Balaban J connectivity index is 1.08. The maximum absolute atomic E-state index is 6.68. The minimum atomic E-state index is -0.511. The van der Waals surface area contributed by atoms with Gasteiger partial charge in [0, 0.05) is 22.4 Å². The van der Waals surface area contributed by atoms with Crippen LogP contribution in [0.15, 0.2) is 248 Å². The summed E-state index contributed by atoms with van der Waals surface area (Å²) in [6, 6.07) is 77.0. The molecule has 0 amide bonds. The summed E-state index contributed by atoms with van der Waals surface area (Å²) in [5.74, 6) is 1.90. The largest absolute Gasteiger partial charge is 0.461 e. The third kappa shape index (κ3) is 5.90. The third-order valence-electron chi connectivity index (χ3n) is 16.6. The maximum Gasteiger partial charge on any atom is 0.130 e. The van der Waals surface area contributed by atoms with Crippen LogP contribution in [0.2, 0.25) is 0 Å². The SMILES string of the molecule is C/C=C1\C(=C/C)C2(c3ccccc31)c1ccccc1-c1c2cc(-c2cc(-c3ccccc3)cc(N(c3ccc(-c4ccccc4)cc3)C3C=CC=C4Oc5ccccc5C43)c2)c2c1-c1ccccc1C2(C)C. The first kappa shape index (κ1) is 42.4. The van der Waals surface area contributed by atoms with Crippen LogP contribution in [0.1, 0.15) is 72.6 Å². The summed E-state index contributed by atoms with van der Waals surface area (Å²) in [6.07, 6.45) is 11.5. The Morgan fingerprint density at radius 3 is 1.76 bits per heavy atom. The summed E-state index contributed by atoms with van der Waals surface area (Å²) in [7, 11) is 0. The number of rotatable bonds is 6. The second-order valence-electron chi connectivity index (χ2n) is 20.5. The van der Waals surface area contributed by atoms with E-state index in [1.165, 1.54) is 106 Å². The van der Waals surface area contributed by atoms with Gasteiger partial charge in [0.15, 0.2) is 0 Å². The molecule has 14 rings (SSSR count). The van der Waals surface area contributed by atoms with E-state index in [1.807, 2.05) is 0 Å². The first-order chi connectivity index (χ1) is 35.4. The summed E-state index contributed by atoms with van der Waals surface area (Å²) in [6.45, 7) is 9.35. The smallest absolute Gasteiger partial charge is 0.130 e. The summed E-state index contributed by atoms with van der Waals surface area (Å²) in [5, 5.41) is 0. The molecule has 0 fully saturated rings. The zero-order valence-corrected chi connectivity index (χ0v) is 41.0. The van der Waals surface area contributed by atoms with Crippen LogP contribution in [0, 0.1) is 0 Å². The van der Waals surface area contributed by atoms with Gasteiger partial charge >= 0.3 is 0 Å². The van der Waals surface area contributed by atoms with E-state index >= 15 is 0 Å². The van der Waals surface area contributed by atoms with Gasteiger partial charge in [-0.3, -0.25) is 0 Å². The average molecular weight is 924 g/mol. The van der Waals surface area contributed by atoms with E-state index in [-0.39, 0.29) is 17.4 Å². The Labute approximate surface area is 423 Å². The Hall–Kier alpha value is -8.46. The van der Waals surface area contributed by atoms with Crippen LogP contribution < -0.4 is 9.64 Å². The zero-order chi connectivity index (χ0) is 48.3. The second-order valence-corrected chi connectivity index (χ2v) is 20.5. The van der Waals surface area contributed by atoms with Crippen molar-refractivity contribution in [3.8, 4) is 61.4 Å². The second kappa shape index (κ2) is 16.0. The lowest BCUT2D eigenvalue weighted by atomic mass is 9.68. The monoisotopic (exact) mass is 923 g/mol. The Kier molecular flexibility index (Phi) is 9.45. The number of nitrogens with zero attached hydrogens (tertiary/aromatic N) is 1. The molecule has 4 aliphatic carbocycles. The molecule has 0 bridgehead atoms. The van der Waals surface area contributed by atoms with E-state index < -0.39 is 5.41 Å². The maximum atomic E-state index is 6.68. The molecule has 9 aromatic rings. The van der Waals surface area contributed by atoms with Crippen molar-refractivity contribution in [1.29, 1.82) is 0 Å². The zero-order valence-electron chi connectivity index (χ0n) is 41.0. The Morgan fingerprint density at radius 1 is 0.472 bits per heavy atom. The molecule has 3 unspecified atom stereocenters. The van der Waals surface area contributed by atoms with Gasteiger partial charge in [-0.15, -0.1) is 0 Å². The highest BCUT2D eigenvalue weighted by molar-refractivity contribution is 6.07. The highest BCUT2D eigenvalue weighted by Crippen LogP contribution is 2.68. The number of hydrogen-bond donors (Lipinski definition) is 0. The molecule has 9 aromatic carbocycles. The number of hydrogen-bond acceptors (Lipinski definition) is 2. The lowest BCUT2D eigenvalue weighted by molar-refractivity contribution is 0.415. The van der Waals surface area contributed by atoms with Gasteiger partial charge in [-0.1, -0.05) is 202 Å². The number of para-hydroxylation sites is 1. The van der Waals surface area contributed by atoms with Crippen LogP contribution in [0.5, 0.6) is 5.75 Å². The lowest BCUT2D eigenvalue weighted by Gasteiger charge is -2.37. The van der Waals surface area contributed by atoms with Crippen molar-refractivity contribution in [1.82, 2.24) is 0 Å². The predicted octanol–water partition coefficient (Wildman–Crippen LogP) is 17.8. The van der Waals surface area contributed by atoms with Crippen LogP contribution in [-0.4, -0.2) is 6.04 Å². The van der Waals surface area contributed by atoms with Gasteiger partial charge in [-0.2, -0.15) is 0 Å². The molecule has 1 spiro atoms. The fraction of sp³-hybridized carbons (Fsp3) is 0.114. The van der Waals surface area contributed by atoms with E-state index in [4.69, 9.17) is 4.74 Å². The molecule has 344 valence electrons. The van der Waals surface area contributed by atoms with E-state index in [2.05, 4.69) is 269 Å². The van der Waals surface area contributed by atoms with Crippen LogP contribution in [0.4, 0.5) is 11.4 Å². The average Bonchev–Trinajstić information content (AvgIpc) is 4.13. The number of allylic oxidation sites excluding steroid dienone is 6. The molecule has 1 aliphatic heterocycles. The molecule has 0 saturated heterocycles. The van der Waals surface area contributed by atoms with Crippen molar-refractivity contribution in [2.24, 2.45) is 0 Å². The summed E-state index contributed by atoms with van der Waals surface area (Å²) in [4.78, 5) is 2.58. The molecule has 0 aromatic heterocycles. The van der Waals surface area contributed by atoms with Gasteiger partial charge in [-0.05, 0) is 163 Å². The van der Waals surface area contributed by atoms with Gasteiger partial charge in [0.25, 0.3) is 0 Å².